The fourth-order valence-corrected chi connectivity index (χ4v) is 1.87. The number of hydrogen-bond acceptors (Lipinski definition) is 2. The van der Waals surface area contributed by atoms with Crippen molar-refractivity contribution in [2.75, 3.05) is 0 Å². The highest BCUT2D eigenvalue weighted by atomic mass is 19.1. The molecule has 0 spiro atoms. The lowest BCUT2D eigenvalue weighted by molar-refractivity contribution is 0.559. The topological polar surface area (TPSA) is 34.4 Å². The van der Waals surface area contributed by atoms with Crippen molar-refractivity contribution >= 4 is 5.65 Å². The maximum absolute atomic E-state index is 13.5. The molecule has 0 radical (unpaired) electrons. The van der Waals surface area contributed by atoms with Crippen molar-refractivity contribution in [2.45, 2.75) is 0 Å². The lowest BCUT2D eigenvalue weighted by Crippen LogP contribution is -2.17. The van der Waals surface area contributed by atoms with E-state index in [1.165, 1.54) is 18.2 Å². The van der Waals surface area contributed by atoms with Crippen LogP contribution in [0.15, 0.2) is 59.4 Å². The Morgan fingerprint density at radius 2 is 1.78 bits per heavy atom. The molecule has 0 unspecified atom stereocenters. The van der Waals surface area contributed by atoms with Gasteiger partial charge in [0.05, 0.1) is 5.69 Å². The third kappa shape index (κ3) is 1.68. The van der Waals surface area contributed by atoms with Crippen LogP contribution in [-0.2, 0) is 0 Å². The Morgan fingerprint density at radius 1 is 1.00 bits per heavy atom. The summed E-state index contributed by atoms with van der Waals surface area (Å²) < 4.78 is 14.5. The van der Waals surface area contributed by atoms with Crippen molar-refractivity contribution in [1.82, 2.24) is 9.38 Å². The molecule has 0 saturated carbocycles. The Hall–Kier alpha value is -2.49. The largest absolute Gasteiger partial charge is 0.269 e. The van der Waals surface area contributed by atoms with Crippen molar-refractivity contribution in [3.8, 4) is 11.3 Å². The Kier molecular flexibility index (Phi) is 2.41. The Morgan fingerprint density at radius 3 is 2.56 bits per heavy atom. The summed E-state index contributed by atoms with van der Waals surface area (Å²) in [5.41, 5.74) is 1.27. The van der Waals surface area contributed by atoms with E-state index in [4.69, 9.17) is 0 Å². The first-order valence-corrected chi connectivity index (χ1v) is 5.49. The van der Waals surface area contributed by atoms with Crippen LogP contribution in [0.25, 0.3) is 16.9 Å². The van der Waals surface area contributed by atoms with E-state index in [1.807, 2.05) is 30.3 Å². The number of rotatable bonds is 1. The Labute approximate surface area is 102 Å². The summed E-state index contributed by atoms with van der Waals surface area (Å²) in [4.78, 5) is 16.2. The molecule has 0 amide bonds. The summed E-state index contributed by atoms with van der Waals surface area (Å²) in [6.45, 7) is 0. The summed E-state index contributed by atoms with van der Waals surface area (Å²) in [7, 11) is 0. The zero-order valence-electron chi connectivity index (χ0n) is 9.38. The predicted octanol–water partition coefficient (Wildman–Crippen LogP) is 2.50. The maximum atomic E-state index is 13.5. The monoisotopic (exact) mass is 240 g/mol. The van der Waals surface area contributed by atoms with E-state index in [-0.39, 0.29) is 0 Å². The molecule has 0 saturated heterocycles. The number of benzene rings is 1. The molecule has 1 aromatic carbocycles. The number of aromatic nitrogens is 2. The molecule has 0 fully saturated rings. The van der Waals surface area contributed by atoms with Gasteiger partial charge in [-0.15, -0.1) is 0 Å². The molecular formula is C14H9FN2O. The molecule has 2 aromatic heterocycles. The summed E-state index contributed by atoms with van der Waals surface area (Å²) >= 11 is 0. The van der Waals surface area contributed by atoms with E-state index in [0.29, 0.717) is 11.3 Å². The van der Waals surface area contributed by atoms with Gasteiger partial charge in [0.1, 0.15) is 5.65 Å². The van der Waals surface area contributed by atoms with Gasteiger partial charge in [-0.25, -0.2) is 9.38 Å². The van der Waals surface area contributed by atoms with Crippen LogP contribution in [0.1, 0.15) is 0 Å². The fraction of sp³-hybridized carbons (Fsp3) is 0. The molecule has 0 N–H and O–H groups in total. The van der Waals surface area contributed by atoms with Crippen molar-refractivity contribution in [1.29, 1.82) is 0 Å². The molecule has 18 heavy (non-hydrogen) atoms. The van der Waals surface area contributed by atoms with Gasteiger partial charge < -0.3 is 0 Å². The maximum Gasteiger partial charge on any atom is 0.260 e. The third-order valence-electron chi connectivity index (χ3n) is 2.71. The van der Waals surface area contributed by atoms with E-state index in [1.54, 1.807) is 6.07 Å². The summed E-state index contributed by atoms with van der Waals surface area (Å²) in [6, 6.07) is 15.0. The lowest BCUT2D eigenvalue weighted by atomic mass is 10.1. The highest BCUT2D eigenvalue weighted by Crippen LogP contribution is 2.15. The summed E-state index contributed by atoms with van der Waals surface area (Å²) in [5.74, 6) is -0.607. The first-order chi connectivity index (χ1) is 8.75. The van der Waals surface area contributed by atoms with Gasteiger partial charge in [0.15, 0.2) is 0 Å². The van der Waals surface area contributed by atoms with Crippen LogP contribution in [0.2, 0.25) is 0 Å². The zero-order chi connectivity index (χ0) is 12.5. The molecule has 2 heterocycles. The Bertz CT molecular complexity index is 766. The minimum absolute atomic E-state index is 0.307. The first-order valence-electron chi connectivity index (χ1n) is 5.49. The minimum atomic E-state index is -0.607. The number of fused-ring (bicyclic) bond motifs is 1. The van der Waals surface area contributed by atoms with E-state index in [9.17, 15) is 9.18 Å². The number of pyridine rings is 1. The van der Waals surface area contributed by atoms with Crippen molar-refractivity contribution in [2.24, 2.45) is 0 Å². The van der Waals surface area contributed by atoms with Gasteiger partial charge in [0.2, 0.25) is 5.95 Å². The van der Waals surface area contributed by atoms with E-state index in [2.05, 4.69) is 4.98 Å². The van der Waals surface area contributed by atoms with Gasteiger partial charge in [-0.2, -0.15) is 4.39 Å². The van der Waals surface area contributed by atoms with Crippen molar-refractivity contribution < 1.29 is 4.39 Å². The number of nitrogens with zero attached hydrogens (tertiary/aromatic N) is 2. The average Bonchev–Trinajstić information content (AvgIpc) is 2.39. The molecule has 0 aliphatic heterocycles. The lowest BCUT2D eigenvalue weighted by Gasteiger charge is -2.04. The summed E-state index contributed by atoms with van der Waals surface area (Å²) in [6.07, 6.45) is 0. The van der Waals surface area contributed by atoms with Gasteiger partial charge in [-0.05, 0) is 12.1 Å². The molecule has 0 aliphatic rings. The van der Waals surface area contributed by atoms with Crippen LogP contribution < -0.4 is 5.56 Å². The molecule has 3 rings (SSSR count). The van der Waals surface area contributed by atoms with E-state index >= 15 is 0 Å². The highest BCUT2D eigenvalue weighted by Gasteiger charge is 2.06. The van der Waals surface area contributed by atoms with Crippen LogP contribution in [0, 0.1) is 5.95 Å². The molecule has 4 heteroatoms. The van der Waals surface area contributed by atoms with Crippen molar-refractivity contribution in [3.05, 3.63) is 70.9 Å². The quantitative estimate of drug-likeness (QED) is 0.612. The van der Waals surface area contributed by atoms with Gasteiger partial charge in [0, 0.05) is 11.6 Å². The van der Waals surface area contributed by atoms with Crippen molar-refractivity contribution in [3.63, 3.8) is 0 Å². The molecule has 3 nitrogen and oxygen atoms in total. The van der Waals surface area contributed by atoms with Crippen LogP contribution in [0.5, 0.6) is 0 Å². The second-order valence-corrected chi connectivity index (χ2v) is 3.89. The van der Waals surface area contributed by atoms with Crippen LogP contribution >= 0.6 is 0 Å². The normalized spacial score (nSPS) is 10.7. The van der Waals surface area contributed by atoms with E-state index < -0.39 is 11.5 Å². The minimum Gasteiger partial charge on any atom is -0.269 e. The summed E-state index contributed by atoms with van der Waals surface area (Å²) in [5, 5.41) is 0. The second-order valence-electron chi connectivity index (χ2n) is 3.89. The highest BCUT2D eigenvalue weighted by molar-refractivity contribution is 5.61. The molecule has 0 bridgehead atoms. The number of hydrogen-bond donors (Lipinski definition) is 0. The average molecular weight is 240 g/mol. The molecule has 88 valence electrons. The number of halogens is 1. The van der Waals surface area contributed by atoms with Gasteiger partial charge in [-0.3, -0.25) is 4.79 Å². The molecule has 0 aliphatic carbocycles. The molecule has 3 aromatic rings. The van der Waals surface area contributed by atoms with Gasteiger partial charge >= 0.3 is 0 Å². The first kappa shape index (κ1) is 10.7. The molecule has 0 atom stereocenters. The van der Waals surface area contributed by atoms with Crippen LogP contribution in [0.4, 0.5) is 4.39 Å². The molecular weight excluding hydrogens is 231 g/mol. The van der Waals surface area contributed by atoms with Crippen LogP contribution in [0.3, 0.4) is 0 Å². The SMILES string of the molecule is O=c1cc(-c2ccccc2)nc2cccc(F)n12. The van der Waals surface area contributed by atoms with Gasteiger partial charge in [0.25, 0.3) is 5.56 Å². The Balaban J connectivity index is 2.33. The fourth-order valence-electron chi connectivity index (χ4n) is 1.87. The standard InChI is InChI=1S/C14H9FN2O/c15-12-7-4-8-13-16-11(9-14(18)17(12)13)10-5-2-1-3-6-10/h1-9H. The van der Waals surface area contributed by atoms with Crippen LogP contribution in [-0.4, -0.2) is 9.38 Å². The predicted molar refractivity (Wildman–Crippen MR) is 66.9 cm³/mol. The van der Waals surface area contributed by atoms with E-state index in [0.717, 1.165) is 9.96 Å². The van der Waals surface area contributed by atoms with Gasteiger partial charge in [-0.1, -0.05) is 36.4 Å². The smallest absolute Gasteiger partial charge is 0.260 e. The zero-order valence-corrected chi connectivity index (χ0v) is 9.38. The second kappa shape index (κ2) is 4.07. The third-order valence-corrected chi connectivity index (χ3v) is 2.71.